The molecule has 25 heavy (non-hydrogen) atoms. The molecule has 9 nitrogen and oxygen atoms in total. The average molecular weight is 353 g/mol. The minimum atomic E-state index is -1.21. The van der Waals surface area contributed by atoms with Gasteiger partial charge in [-0.25, -0.2) is 4.79 Å². The average Bonchev–Trinajstić information content (AvgIpc) is 2.53. The van der Waals surface area contributed by atoms with Gasteiger partial charge >= 0.3 is 6.09 Å². The Balaban J connectivity index is 2.63. The van der Waals surface area contributed by atoms with Crippen LogP contribution in [0.15, 0.2) is 12.1 Å². The number of rotatable bonds is 4. The van der Waals surface area contributed by atoms with Crippen LogP contribution in [0.4, 0.5) is 21.9 Å². The van der Waals surface area contributed by atoms with E-state index in [2.05, 4.69) is 0 Å². The molecule has 0 unspecified atom stereocenters. The van der Waals surface area contributed by atoms with E-state index in [0.717, 1.165) is 4.90 Å². The third-order valence-electron chi connectivity index (χ3n) is 3.93. The van der Waals surface area contributed by atoms with E-state index in [1.165, 1.54) is 19.2 Å². The summed E-state index contributed by atoms with van der Waals surface area (Å²) in [4.78, 5) is 25.8. The number of anilines is 2. The van der Waals surface area contributed by atoms with E-state index >= 15 is 0 Å². The highest BCUT2D eigenvalue weighted by Crippen LogP contribution is 2.42. The van der Waals surface area contributed by atoms with E-state index in [9.17, 15) is 20.0 Å². The summed E-state index contributed by atoms with van der Waals surface area (Å²) in [5.41, 5.74) is -0.416. The van der Waals surface area contributed by atoms with Crippen molar-refractivity contribution in [1.82, 2.24) is 0 Å². The zero-order valence-corrected chi connectivity index (χ0v) is 14.8. The summed E-state index contributed by atoms with van der Waals surface area (Å²) in [7, 11) is 1.41. The third-order valence-corrected chi connectivity index (χ3v) is 3.93. The Bertz CT molecular complexity index is 665. The van der Waals surface area contributed by atoms with Crippen molar-refractivity contribution in [3.05, 3.63) is 22.2 Å². The second kappa shape index (κ2) is 7.14. The maximum absolute atomic E-state index is 11.8. The van der Waals surface area contributed by atoms with Gasteiger partial charge in [0, 0.05) is 30.8 Å². The fourth-order valence-electron chi connectivity index (χ4n) is 2.84. The van der Waals surface area contributed by atoms with Crippen molar-refractivity contribution in [2.75, 3.05) is 43.2 Å². The molecule has 0 radical (unpaired) electrons. The van der Waals surface area contributed by atoms with Gasteiger partial charge in [0.05, 0.1) is 30.9 Å². The van der Waals surface area contributed by atoms with Gasteiger partial charge in [-0.3, -0.25) is 15.0 Å². The van der Waals surface area contributed by atoms with Crippen LogP contribution in [0.3, 0.4) is 0 Å². The van der Waals surface area contributed by atoms with Crippen molar-refractivity contribution in [3.8, 4) is 5.75 Å². The van der Waals surface area contributed by atoms with E-state index < -0.39 is 16.6 Å². The van der Waals surface area contributed by atoms with Gasteiger partial charge in [0.15, 0.2) is 0 Å². The third kappa shape index (κ3) is 3.93. The van der Waals surface area contributed by atoms with Crippen molar-refractivity contribution in [2.24, 2.45) is 0 Å². The normalized spacial score (nSPS) is 15.0. The van der Waals surface area contributed by atoms with Gasteiger partial charge in [0.1, 0.15) is 11.4 Å². The maximum atomic E-state index is 11.8. The van der Waals surface area contributed by atoms with E-state index in [0.29, 0.717) is 32.0 Å². The molecule has 1 fully saturated rings. The fourth-order valence-corrected chi connectivity index (χ4v) is 2.84. The summed E-state index contributed by atoms with van der Waals surface area (Å²) in [5.74, 6) is 0.268. The largest absolute Gasteiger partial charge is 0.494 e. The van der Waals surface area contributed by atoms with E-state index in [1.807, 2.05) is 4.90 Å². The maximum Gasteiger partial charge on any atom is 0.412 e. The Kier molecular flexibility index (Phi) is 5.36. The molecule has 2 rings (SSSR count). The molecule has 0 bridgehead atoms. The molecular formula is C16H23N3O6. The lowest BCUT2D eigenvalue weighted by atomic mass is 10.0. The van der Waals surface area contributed by atoms with Gasteiger partial charge in [0.2, 0.25) is 0 Å². The monoisotopic (exact) mass is 353 g/mol. The van der Waals surface area contributed by atoms with Gasteiger partial charge < -0.3 is 19.5 Å². The number of nitrogens with zero attached hydrogens (tertiary/aromatic N) is 3. The molecule has 138 valence electrons. The van der Waals surface area contributed by atoms with E-state index in [4.69, 9.17) is 9.47 Å². The smallest absolute Gasteiger partial charge is 0.412 e. The number of morpholine rings is 1. The van der Waals surface area contributed by atoms with Crippen LogP contribution >= 0.6 is 0 Å². The summed E-state index contributed by atoms with van der Waals surface area (Å²) >= 11 is 0. The van der Waals surface area contributed by atoms with Crippen LogP contribution in [0, 0.1) is 10.1 Å². The Morgan fingerprint density at radius 2 is 1.96 bits per heavy atom. The molecule has 1 saturated heterocycles. The minimum absolute atomic E-state index is 0.145. The SMILES string of the molecule is COc1cc(N2CCOCC2)c([N+](=O)[O-])cc1N(C(=O)O)C(C)(C)C. The summed E-state index contributed by atoms with van der Waals surface area (Å²) in [6, 6.07) is 2.80. The quantitative estimate of drug-likeness (QED) is 0.655. The molecule has 0 aromatic heterocycles. The van der Waals surface area contributed by atoms with Crippen molar-refractivity contribution >= 4 is 23.2 Å². The van der Waals surface area contributed by atoms with Crippen LogP contribution in [0.2, 0.25) is 0 Å². The first-order valence-corrected chi connectivity index (χ1v) is 7.89. The second-order valence-electron chi connectivity index (χ2n) is 6.66. The van der Waals surface area contributed by atoms with Crippen molar-refractivity contribution in [2.45, 2.75) is 26.3 Å². The summed E-state index contributed by atoms with van der Waals surface area (Å²) in [6.07, 6.45) is -1.21. The first kappa shape index (κ1) is 18.8. The molecule has 0 spiro atoms. The summed E-state index contributed by atoms with van der Waals surface area (Å²) in [5, 5.41) is 21.2. The zero-order valence-electron chi connectivity index (χ0n) is 14.8. The lowest BCUT2D eigenvalue weighted by Gasteiger charge is -2.35. The number of nitro groups is 1. The number of amides is 1. The van der Waals surface area contributed by atoms with Crippen molar-refractivity contribution < 1.29 is 24.3 Å². The van der Waals surface area contributed by atoms with Gasteiger partial charge in [-0.05, 0) is 20.8 Å². The van der Waals surface area contributed by atoms with Crippen molar-refractivity contribution in [1.29, 1.82) is 0 Å². The molecule has 0 saturated carbocycles. The highest BCUT2D eigenvalue weighted by molar-refractivity contribution is 5.92. The van der Waals surface area contributed by atoms with Crippen LogP contribution in [-0.2, 0) is 4.74 Å². The van der Waals surface area contributed by atoms with Crippen LogP contribution in [0.5, 0.6) is 5.75 Å². The highest BCUT2D eigenvalue weighted by Gasteiger charge is 2.34. The molecule has 1 heterocycles. The lowest BCUT2D eigenvalue weighted by molar-refractivity contribution is -0.384. The zero-order chi connectivity index (χ0) is 18.8. The first-order chi connectivity index (χ1) is 11.7. The Morgan fingerprint density at radius 1 is 1.36 bits per heavy atom. The standard InChI is InChI=1S/C16H23N3O6/c1-16(2,3)18(15(20)21)13-9-12(19(22)23)11(10-14(13)24-4)17-5-7-25-8-6-17/h9-10H,5-8H2,1-4H3,(H,20,21). The van der Waals surface area contributed by atoms with Crippen LogP contribution < -0.4 is 14.5 Å². The predicted molar refractivity (Wildman–Crippen MR) is 92.9 cm³/mol. The molecule has 1 aromatic carbocycles. The minimum Gasteiger partial charge on any atom is -0.494 e. The van der Waals surface area contributed by atoms with Gasteiger partial charge in [-0.1, -0.05) is 0 Å². The van der Waals surface area contributed by atoms with Crippen LogP contribution in [-0.4, -0.2) is 55.1 Å². The van der Waals surface area contributed by atoms with Crippen molar-refractivity contribution in [3.63, 3.8) is 0 Å². The summed E-state index contributed by atoms with van der Waals surface area (Å²) in [6.45, 7) is 7.12. The topological polar surface area (TPSA) is 105 Å². The number of nitro benzene ring substituents is 1. The number of hydrogen-bond donors (Lipinski definition) is 1. The number of ether oxygens (including phenoxy) is 2. The van der Waals surface area contributed by atoms with Gasteiger partial charge in [0.25, 0.3) is 5.69 Å². The highest BCUT2D eigenvalue weighted by atomic mass is 16.6. The molecule has 0 aliphatic carbocycles. The second-order valence-corrected chi connectivity index (χ2v) is 6.66. The van der Waals surface area contributed by atoms with E-state index in [-0.39, 0.29) is 17.1 Å². The molecule has 1 aliphatic rings. The first-order valence-electron chi connectivity index (χ1n) is 7.89. The number of hydrogen-bond acceptors (Lipinski definition) is 6. The number of carbonyl (C=O) groups is 1. The van der Waals surface area contributed by atoms with E-state index in [1.54, 1.807) is 20.8 Å². The molecule has 9 heteroatoms. The van der Waals surface area contributed by atoms with Gasteiger partial charge in [-0.2, -0.15) is 0 Å². The molecule has 1 aromatic rings. The molecule has 1 N–H and O–H groups in total. The number of carboxylic acid groups (broad SMARTS) is 1. The lowest BCUT2D eigenvalue weighted by Crippen LogP contribution is -2.45. The van der Waals surface area contributed by atoms with Crippen LogP contribution in [0.25, 0.3) is 0 Å². The fraction of sp³-hybridized carbons (Fsp3) is 0.562. The molecule has 1 amide bonds. The summed E-state index contributed by atoms with van der Waals surface area (Å²) < 4.78 is 10.6. The number of methoxy groups -OCH3 is 1. The number of benzene rings is 1. The van der Waals surface area contributed by atoms with Crippen LogP contribution in [0.1, 0.15) is 20.8 Å². The predicted octanol–water partition coefficient (Wildman–Crippen LogP) is 2.72. The van der Waals surface area contributed by atoms with Gasteiger partial charge in [-0.15, -0.1) is 0 Å². The molecule has 0 atom stereocenters. The molecule has 1 aliphatic heterocycles. The Labute approximate surface area is 145 Å². The Morgan fingerprint density at radius 3 is 2.40 bits per heavy atom. The molecular weight excluding hydrogens is 330 g/mol. The Hall–Kier alpha value is -2.55.